The second kappa shape index (κ2) is 5.89. The number of carbonyl (C=O) groups is 1. The number of Topliss-reactive ketones (excluding diaryl/α,β-unsaturated/α-hetero) is 1. The molecule has 0 amide bonds. The Morgan fingerprint density at radius 1 is 1.50 bits per heavy atom. The van der Waals surface area contributed by atoms with Gasteiger partial charge in [0.15, 0.2) is 5.78 Å². The molecule has 1 aliphatic heterocycles. The van der Waals surface area contributed by atoms with Crippen molar-refractivity contribution in [2.75, 3.05) is 27.2 Å². The molecule has 0 saturated carbocycles. The molecule has 4 nitrogen and oxygen atoms in total. The summed E-state index contributed by atoms with van der Waals surface area (Å²) in [5.74, 6) is -0.894. The summed E-state index contributed by atoms with van der Waals surface area (Å²) in [6, 6.07) is 2.89. The summed E-state index contributed by atoms with van der Waals surface area (Å²) >= 11 is 0. The van der Waals surface area contributed by atoms with E-state index < -0.39 is 5.82 Å². The summed E-state index contributed by atoms with van der Waals surface area (Å²) in [6.45, 7) is 3.59. The van der Waals surface area contributed by atoms with Crippen molar-refractivity contribution in [1.29, 1.82) is 0 Å². The minimum atomic E-state index is -0.480. The lowest BCUT2D eigenvalue weighted by Gasteiger charge is -2.21. The Morgan fingerprint density at radius 2 is 2.20 bits per heavy atom. The van der Waals surface area contributed by atoms with Crippen LogP contribution >= 0.6 is 0 Å². The van der Waals surface area contributed by atoms with E-state index in [1.807, 2.05) is 14.1 Å². The number of phenolic OH excluding ortho intramolecular Hbond substituents is 1. The van der Waals surface area contributed by atoms with E-state index in [0.717, 1.165) is 25.6 Å². The Kier molecular flexibility index (Phi) is 4.40. The maximum Gasteiger partial charge on any atom is 0.163 e. The molecule has 0 aliphatic carbocycles. The minimum absolute atomic E-state index is 0.0587. The van der Waals surface area contributed by atoms with Crippen LogP contribution in [0, 0.1) is 5.82 Å². The number of ketones is 1. The number of carbonyl (C=O) groups excluding carboxylic acids is 1. The van der Waals surface area contributed by atoms with E-state index in [1.165, 1.54) is 13.0 Å². The molecule has 1 aromatic rings. The van der Waals surface area contributed by atoms with Gasteiger partial charge in [-0.25, -0.2) is 4.39 Å². The smallest absolute Gasteiger partial charge is 0.163 e. The van der Waals surface area contributed by atoms with Crippen molar-refractivity contribution < 1.29 is 14.3 Å². The van der Waals surface area contributed by atoms with Gasteiger partial charge in [-0.15, -0.1) is 0 Å². The van der Waals surface area contributed by atoms with Crippen molar-refractivity contribution in [2.24, 2.45) is 0 Å². The van der Waals surface area contributed by atoms with Crippen LogP contribution < -0.4 is 0 Å². The number of hydrogen-bond donors (Lipinski definition) is 1. The number of aromatic hydroxyl groups is 1. The third kappa shape index (κ3) is 3.16. The summed E-state index contributed by atoms with van der Waals surface area (Å²) in [7, 11) is 4.09. The van der Waals surface area contributed by atoms with Crippen molar-refractivity contribution in [3.63, 3.8) is 0 Å². The van der Waals surface area contributed by atoms with Crippen molar-refractivity contribution in [2.45, 2.75) is 25.9 Å². The quantitative estimate of drug-likeness (QED) is 0.855. The Morgan fingerprint density at radius 3 is 2.75 bits per heavy atom. The van der Waals surface area contributed by atoms with Gasteiger partial charge in [-0.2, -0.15) is 0 Å². The molecule has 0 aromatic heterocycles. The average Bonchev–Trinajstić information content (AvgIpc) is 2.81. The van der Waals surface area contributed by atoms with Crippen molar-refractivity contribution in [1.82, 2.24) is 9.80 Å². The van der Waals surface area contributed by atoms with Crippen LogP contribution in [0.1, 0.15) is 29.3 Å². The van der Waals surface area contributed by atoms with Crippen LogP contribution in [0.3, 0.4) is 0 Å². The van der Waals surface area contributed by atoms with Gasteiger partial charge in [0.1, 0.15) is 11.6 Å². The number of phenols is 1. The van der Waals surface area contributed by atoms with Gasteiger partial charge in [-0.1, -0.05) is 0 Å². The molecule has 1 fully saturated rings. The van der Waals surface area contributed by atoms with E-state index in [2.05, 4.69) is 9.80 Å². The topological polar surface area (TPSA) is 43.8 Å². The first kappa shape index (κ1) is 14.9. The maximum absolute atomic E-state index is 13.6. The van der Waals surface area contributed by atoms with E-state index in [0.29, 0.717) is 18.2 Å². The Hall–Kier alpha value is -1.46. The second-order valence-corrected chi connectivity index (χ2v) is 5.66. The fourth-order valence-electron chi connectivity index (χ4n) is 2.66. The summed E-state index contributed by atoms with van der Waals surface area (Å²) in [4.78, 5) is 15.7. The molecule has 1 aliphatic rings. The van der Waals surface area contributed by atoms with E-state index in [1.54, 1.807) is 0 Å². The van der Waals surface area contributed by atoms with E-state index in [4.69, 9.17) is 0 Å². The van der Waals surface area contributed by atoms with Crippen LogP contribution in [0.25, 0.3) is 0 Å². The first-order valence-corrected chi connectivity index (χ1v) is 6.79. The molecule has 1 heterocycles. The lowest BCUT2D eigenvalue weighted by molar-refractivity contribution is 0.101. The van der Waals surface area contributed by atoms with Crippen LogP contribution in [0.5, 0.6) is 5.75 Å². The summed E-state index contributed by atoms with van der Waals surface area (Å²) < 4.78 is 13.6. The Balaban J connectivity index is 2.16. The molecule has 1 unspecified atom stereocenters. The highest BCUT2D eigenvalue weighted by molar-refractivity contribution is 5.97. The van der Waals surface area contributed by atoms with Gasteiger partial charge in [-0.3, -0.25) is 9.69 Å². The molecule has 0 bridgehead atoms. The number of rotatable bonds is 4. The number of nitrogens with zero attached hydrogens (tertiary/aromatic N) is 2. The molecule has 0 radical (unpaired) electrons. The van der Waals surface area contributed by atoms with Crippen LogP contribution in [0.4, 0.5) is 4.39 Å². The summed E-state index contributed by atoms with van der Waals surface area (Å²) in [5.41, 5.74) is 0.540. The average molecular weight is 280 g/mol. The molecular formula is C15H21FN2O2. The van der Waals surface area contributed by atoms with E-state index in [-0.39, 0.29) is 17.1 Å². The molecule has 20 heavy (non-hydrogen) atoms. The number of hydrogen-bond acceptors (Lipinski definition) is 4. The predicted octanol–water partition coefficient (Wildman–Crippen LogP) is 1.87. The largest absolute Gasteiger partial charge is 0.507 e. The van der Waals surface area contributed by atoms with Gasteiger partial charge in [0.05, 0.1) is 5.56 Å². The zero-order chi connectivity index (χ0) is 14.9. The second-order valence-electron chi connectivity index (χ2n) is 5.66. The van der Waals surface area contributed by atoms with E-state index >= 15 is 0 Å². The lowest BCUT2D eigenvalue weighted by Crippen LogP contribution is -2.31. The molecule has 1 atom stereocenters. The summed E-state index contributed by atoms with van der Waals surface area (Å²) in [6.07, 6.45) is 1.06. The van der Waals surface area contributed by atoms with Gasteiger partial charge >= 0.3 is 0 Å². The zero-order valence-electron chi connectivity index (χ0n) is 12.2. The third-order valence-electron chi connectivity index (χ3n) is 3.90. The highest BCUT2D eigenvalue weighted by Crippen LogP contribution is 2.27. The van der Waals surface area contributed by atoms with Gasteiger partial charge in [-0.05, 0) is 39.6 Å². The zero-order valence-corrected chi connectivity index (χ0v) is 12.2. The number of likely N-dealkylation sites (N-methyl/N-ethyl adjacent to an activating group) is 1. The normalized spacial score (nSPS) is 19.8. The maximum atomic E-state index is 13.6. The number of halogens is 1. The fraction of sp³-hybridized carbons (Fsp3) is 0.533. The van der Waals surface area contributed by atoms with Crippen LogP contribution in [0.2, 0.25) is 0 Å². The highest BCUT2D eigenvalue weighted by atomic mass is 19.1. The fourth-order valence-corrected chi connectivity index (χ4v) is 2.66. The highest BCUT2D eigenvalue weighted by Gasteiger charge is 2.25. The molecular weight excluding hydrogens is 259 g/mol. The van der Waals surface area contributed by atoms with Gasteiger partial charge < -0.3 is 10.0 Å². The van der Waals surface area contributed by atoms with Crippen LogP contribution in [-0.4, -0.2) is 53.9 Å². The molecule has 110 valence electrons. The van der Waals surface area contributed by atoms with E-state index in [9.17, 15) is 14.3 Å². The van der Waals surface area contributed by atoms with Gasteiger partial charge in [0, 0.05) is 31.2 Å². The SMILES string of the molecule is CC(=O)c1cc(F)cc(CN2CCC(N(C)C)C2)c1O. The van der Waals surface area contributed by atoms with Crippen LogP contribution in [-0.2, 0) is 6.54 Å². The first-order valence-electron chi connectivity index (χ1n) is 6.79. The van der Waals surface area contributed by atoms with Crippen molar-refractivity contribution in [3.8, 4) is 5.75 Å². The monoisotopic (exact) mass is 280 g/mol. The lowest BCUT2D eigenvalue weighted by atomic mass is 10.1. The molecule has 1 saturated heterocycles. The van der Waals surface area contributed by atoms with Gasteiger partial charge in [0.25, 0.3) is 0 Å². The molecule has 1 N–H and O–H groups in total. The Bertz CT molecular complexity index is 517. The molecule has 5 heteroatoms. The standard InChI is InChI=1S/C15H21FN2O2/c1-10(19)14-7-12(16)6-11(15(14)20)8-18-5-4-13(9-18)17(2)3/h6-7,13,20H,4-5,8-9H2,1-3H3. The molecule has 2 rings (SSSR count). The van der Waals surface area contributed by atoms with Gasteiger partial charge in [0.2, 0.25) is 0 Å². The molecule has 1 aromatic carbocycles. The first-order chi connectivity index (χ1) is 9.38. The Labute approximate surface area is 118 Å². The third-order valence-corrected chi connectivity index (χ3v) is 3.90. The van der Waals surface area contributed by atoms with Crippen molar-refractivity contribution in [3.05, 3.63) is 29.1 Å². The number of likely N-dealkylation sites (tertiary alicyclic amines) is 1. The van der Waals surface area contributed by atoms with Crippen LogP contribution in [0.15, 0.2) is 12.1 Å². The predicted molar refractivity (Wildman–Crippen MR) is 75.4 cm³/mol. The summed E-state index contributed by atoms with van der Waals surface area (Å²) in [5, 5.41) is 10.1. The molecule has 0 spiro atoms. The van der Waals surface area contributed by atoms with Crippen molar-refractivity contribution >= 4 is 5.78 Å². The minimum Gasteiger partial charge on any atom is -0.507 e. The number of benzene rings is 1.